The molecule has 130 valence electrons. The van der Waals surface area contributed by atoms with Crippen molar-refractivity contribution >= 4 is 11.1 Å². The van der Waals surface area contributed by atoms with E-state index in [1.54, 1.807) is 0 Å². The number of hydrogen-bond donors (Lipinski definition) is 1. The van der Waals surface area contributed by atoms with Crippen molar-refractivity contribution in [1.82, 2.24) is 19.9 Å². The van der Waals surface area contributed by atoms with E-state index in [4.69, 9.17) is 4.42 Å². The van der Waals surface area contributed by atoms with Gasteiger partial charge in [-0.15, -0.1) is 0 Å². The first-order valence-electron chi connectivity index (χ1n) is 7.66. The van der Waals surface area contributed by atoms with Crippen molar-refractivity contribution < 1.29 is 17.6 Å². The van der Waals surface area contributed by atoms with Crippen LogP contribution in [0, 0.1) is 0 Å². The van der Waals surface area contributed by atoms with Crippen LogP contribution in [0.2, 0.25) is 0 Å². The molecular weight excluding hydrogens is 337 g/mol. The predicted molar refractivity (Wildman–Crippen MR) is 81.7 cm³/mol. The second-order valence-corrected chi connectivity index (χ2v) is 5.87. The highest BCUT2D eigenvalue weighted by molar-refractivity contribution is 5.72. The molecule has 0 fully saturated rings. The van der Waals surface area contributed by atoms with Gasteiger partial charge in [-0.3, -0.25) is 9.69 Å². The molecule has 25 heavy (non-hydrogen) atoms. The van der Waals surface area contributed by atoms with Gasteiger partial charge in [-0.05, 0) is 12.1 Å². The number of rotatable bonds is 2. The molecule has 0 unspecified atom stereocenters. The Balaban J connectivity index is 1.57. The lowest BCUT2D eigenvalue weighted by atomic mass is 10.1. The van der Waals surface area contributed by atoms with Crippen LogP contribution in [-0.2, 0) is 25.7 Å². The van der Waals surface area contributed by atoms with E-state index < -0.39 is 17.6 Å². The van der Waals surface area contributed by atoms with Crippen LogP contribution in [-0.4, -0.2) is 26.4 Å². The Morgan fingerprint density at radius 1 is 1.24 bits per heavy atom. The maximum absolute atomic E-state index is 12.7. The molecule has 0 spiro atoms. The van der Waals surface area contributed by atoms with Gasteiger partial charge in [0, 0.05) is 19.5 Å². The summed E-state index contributed by atoms with van der Waals surface area (Å²) in [6.45, 7) is 1.04. The quantitative estimate of drug-likeness (QED) is 0.769. The van der Waals surface area contributed by atoms with Gasteiger partial charge in [0.15, 0.2) is 5.58 Å². The largest absolute Gasteiger partial charge is 0.449 e. The van der Waals surface area contributed by atoms with Crippen molar-refractivity contribution in [1.29, 1.82) is 0 Å². The molecule has 3 aromatic rings. The molecule has 1 aliphatic heterocycles. The minimum Gasteiger partial charge on any atom is -0.439 e. The molecule has 0 radical (unpaired) electrons. The second kappa shape index (κ2) is 5.69. The zero-order valence-corrected chi connectivity index (χ0v) is 12.9. The van der Waals surface area contributed by atoms with Gasteiger partial charge in [0.2, 0.25) is 11.7 Å². The second-order valence-electron chi connectivity index (χ2n) is 5.87. The molecule has 1 aromatic carbocycles. The highest BCUT2D eigenvalue weighted by Crippen LogP contribution is 2.27. The Kier molecular flexibility index (Phi) is 3.60. The van der Waals surface area contributed by atoms with Crippen molar-refractivity contribution in [3.8, 4) is 0 Å². The minimum atomic E-state index is -4.66. The van der Waals surface area contributed by atoms with E-state index in [-0.39, 0.29) is 24.2 Å². The van der Waals surface area contributed by atoms with E-state index in [1.807, 2.05) is 34.1 Å². The topological polar surface area (TPSA) is 75.0 Å². The Morgan fingerprint density at radius 3 is 2.80 bits per heavy atom. The fourth-order valence-electron chi connectivity index (χ4n) is 2.93. The average molecular weight is 350 g/mol. The Bertz CT molecular complexity index is 960. The van der Waals surface area contributed by atoms with Gasteiger partial charge in [0.1, 0.15) is 5.52 Å². The van der Waals surface area contributed by atoms with Crippen LogP contribution >= 0.6 is 0 Å². The smallest absolute Gasteiger partial charge is 0.439 e. The molecule has 0 bridgehead atoms. The lowest BCUT2D eigenvalue weighted by Gasteiger charge is -2.26. The Labute approximate surface area is 139 Å². The van der Waals surface area contributed by atoms with Crippen LogP contribution in [0.3, 0.4) is 0 Å². The minimum absolute atomic E-state index is 0.199. The van der Waals surface area contributed by atoms with E-state index in [2.05, 4.69) is 9.97 Å². The van der Waals surface area contributed by atoms with Crippen LogP contribution in [0.4, 0.5) is 13.2 Å². The first-order valence-corrected chi connectivity index (χ1v) is 7.66. The van der Waals surface area contributed by atoms with Gasteiger partial charge in [0.25, 0.3) is 5.56 Å². The third-order valence-electron chi connectivity index (χ3n) is 4.11. The summed E-state index contributed by atoms with van der Waals surface area (Å²) in [6.07, 6.45) is -4.40. The third-order valence-corrected chi connectivity index (χ3v) is 4.11. The van der Waals surface area contributed by atoms with Crippen molar-refractivity contribution in [2.45, 2.75) is 25.7 Å². The Hall–Kier alpha value is -2.68. The van der Waals surface area contributed by atoms with Gasteiger partial charge in [-0.25, -0.2) is 9.97 Å². The van der Waals surface area contributed by atoms with Crippen molar-refractivity contribution in [3.05, 3.63) is 57.6 Å². The van der Waals surface area contributed by atoms with Crippen LogP contribution in [0.25, 0.3) is 11.1 Å². The van der Waals surface area contributed by atoms with Gasteiger partial charge in [-0.1, -0.05) is 12.1 Å². The first-order chi connectivity index (χ1) is 11.9. The number of aromatic amines is 1. The number of H-pyrrole nitrogens is 1. The molecule has 0 aliphatic carbocycles. The lowest BCUT2D eigenvalue weighted by molar-refractivity contribution is -0.145. The summed E-state index contributed by atoms with van der Waals surface area (Å²) >= 11 is 0. The summed E-state index contributed by atoms with van der Waals surface area (Å²) in [5.41, 5.74) is 1.12. The van der Waals surface area contributed by atoms with Crippen LogP contribution in [0.15, 0.2) is 33.5 Å². The van der Waals surface area contributed by atoms with Gasteiger partial charge >= 0.3 is 6.18 Å². The number of hydrogen-bond acceptors (Lipinski definition) is 5. The average Bonchev–Trinajstić information content (AvgIpc) is 2.96. The first kappa shape index (κ1) is 15.8. The highest BCUT2D eigenvalue weighted by atomic mass is 19.4. The fraction of sp³-hybridized carbons (Fsp3) is 0.312. The van der Waals surface area contributed by atoms with Crippen LogP contribution in [0.5, 0.6) is 0 Å². The van der Waals surface area contributed by atoms with E-state index in [0.717, 1.165) is 5.52 Å². The number of alkyl halides is 3. The lowest BCUT2D eigenvalue weighted by Crippen LogP contribution is -2.36. The SMILES string of the molecule is O=c1[nH]c(C(F)(F)F)nc2c1CN(Cc1nc3ccccc3o1)CC2. The van der Waals surface area contributed by atoms with E-state index in [9.17, 15) is 18.0 Å². The number of benzene rings is 1. The number of aromatic nitrogens is 3. The summed E-state index contributed by atoms with van der Waals surface area (Å²) in [5.74, 6) is -0.746. The summed E-state index contributed by atoms with van der Waals surface area (Å²) in [6, 6.07) is 7.35. The summed E-state index contributed by atoms with van der Waals surface area (Å²) in [7, 11) is 0. The molecule has 2 aromatic heterocycles. The van der Waals surface area contributed by atoms with E-state index in [1.165, 1.54) is 0 Å². The Morgan fingerprint density at radius 2 is 2.04 bits per heavy atom. The van der Waals surface area contributed by atoms with E-state index in [0.29, 0.717) is 24.6 Å². The molecule has 3 heterocycles. The zero-order chi connectivity index (χ0) is 17.6. The molecule has 1 aliphatic rings. The van der Waals surface area contributed by atoms with Gasteiger partial charge in [-0.2, -0.15) is 13.2 Å². The third kappa shape index (κ3) is 3.02. The van der Waals surface area contributed by atoms with Crippen LogP contribution in [0.1, 0.15) is 23.0 Å². The molecule has 0 atom stereocenters. The fourth-order valence-corrected chi connectivity index (χ4v) is 2.93. The molecule has 0 saturated heterocycles. The summed E-state index contributed by atoms with van der Waals surface area (Å²) in [5, 5.41) is 0. The summed E-state index contributed by atoms with van der Waals surface area (Å²) in [4.78, 5) is 23.7. The highest BCUT2D eigenvalue weighted by Gasteiger charge is 2.36. The van der Waals surface area contributed by atoms with Crippen molar-refractivity contribution in [2.75, 3.05) is 6.54 Å². The number of fused-ring (bicyclic) bond motifs is 2. The maximum Gasteiger partial charge on any atom is 0.449 e. The number of nitrogens with zero attached hydrogens (tertiary/aromatic N) is 3. The monoisotopic (exact) mass is 350 g/mol. The van der Waals surface area contributed by atoms with Gasteiger partial charge in [0.05, 0.1) is 17.8 Å². The summed E-state index contributed by atoms with van der Waals surface area (Å²) < 4.78 is 43.9. The van der Waals surface area contributed by atoms with Crippen LogP contribution < -0.4 is 5.56 Å². The number of halogens is 3. The normalized spacial score (nSPS) is 15.5. The number of oxazole rings is 1. The molecule has 6 nitrogen and oxygen atoms in total. The molecule has 9 heteroatoms. The molecular formula is C16H13F3N4O2. The molecule has 0 amide bonds. The van der Waals surface area contributed by atoms with Crippen molar-refractivity contribution in [3.63, 3.8) is 0 Å². The van der Waals surface area contributed by atoms with E-state index >= 15 is 0 Å². The zero-order valence-electron chi connectivity index (χ0n) is 12.9. The van der Waals surface area contributed by atoms with Gasteiger partial charge < -0.3 is 9.40 Å². The van der Waals surface area contributed by atoms with Crippen molar-refractivity contribution in [2.24, 2.45) is 0 Å². The predicted octanol–water partition coefficient (Wildman–Crippen LogP) is 2.49. The molecule has 4 rings (SSSR count). The standard InChI is InChI=1S/C16H13F3N4O2/c17-16(18,19)15-21-10-5-6-23(7-9(10)14(24)22-15)8-13-20-11-3-1-2-4-12(11)25-13/h1-4H,5-8H2,(H,21,22,24). The molecule has 0 saturated carbocycles. The number of para-hydroxylation sites is 2. The molecule has 1 N–H and O–H groups in total. The number of nitrogens with one attached hydrogen (secondary N) is 1. The maximum atomic E-state index is 12.7.